The van der Waals surface area contributed by atoms with Crippen molar-refractivity contribution in [2.45, 2.75) is 25.9 Å². The van der Waals surface area contributed by atoms with Crippen molar-refractivity contribution >= 4 is 17.1 Å². The highest BCUT2D eigenvalue weighted by Crippen LogP contribution is 2.20. The summed E-state index contributed by atoms with van der Waals surface area (Å²) < 4.78 is 9.50. The highest BCUT2D eigenvalue weighted by molar-refractivity contribution is 5.76. The third kappa shape index (κ3) is 3.54. The van der Waals surface area contributed by atoms with E-state index in [-0.39, 0.29) is 17.4 Å². The molecule has 2 N–H and O–H groups in total. The van der Waals surface area contributed by atoms with E-state index in [2.05, 4.69) is 9.88 Å². The van der Waals surface area contributed by atoms with Gasteiger partial charge < -0.3 is 15.0 Å². The van der Waals surface area contributed by atoms with Gasteiger partial charge in [0.25, 0.3) is 5.56 Å². The van der Waals surface area contributed by atoms with Gasteiger partial charge in [-0.15, -0.1) is 0 Å². The van der Waals surface area contributed by atoms with Gasteiger partial charge in [0.05, 0.1) is 13.2 Å². The average Bonchev–Trinajstić information content (AvgIpc) is 3.01. The minimum absolute atomic E-state index is 0.0818. The normalized spacial score (nSPS) is 16.3. The number of carbonyl (C=O) groups is 1. The van der Waals surface area contributed by atoms with Crippen molar-refractivity contribution in [1.29, 1.82) is 0 Å². The Kier molecular flexibility index (Phi) is 5.47. The van der Waals surface area contributed by atoms with Crippen molar-refractivity contribution in [3.8, 4) is 0 Å². The van der Waals surface area contributed by atoms with Crippen LogP contribution in [-0.4, -0.2) is 56.3 Å². The van der Waals surface area contributed by atoms with E-state index in [4.69, 9.17) is 10.5 Å². The Hall–Kier alpha value is -2.46. The van der Waals surface area contributed by atoms with Gasteiger partial charge in [-0.1, -0.05) is 0 Å². The second kappa shape index (κ2) is 7.65. The zero-order valence-corrected chi connectivity index (χ0v) is 16.0. The maximum atomic E-state index is 12.7. The summed E-state index contributed by atoms with van der Waals surface area (Å²) >= 11 is 0. The van der Waals surface area contributed by atoms with Crippen LogP contribution in [0.15, 0.2) is 9.59 Å². The van der Waals surface area contributed by atoms with Crippen LogP contribution in [0.5, 0.6) is 0 Å². The van der Waals surface area contributed by atoms with Gasteiger partial charge in [-0.25, -0.2) is 9.78 Å². The number of methoxy groups -OCH3 is 1. The molecule has 1 amide bonds. The quantitative estimate of drug-likeness (QED) is 0.673. The predicted octanol–water partition coefficient (Wildman–Crippen LogP) is -1.22. The molecule has 2 aromatic rings. The predicted molar refractivity (Wildman–Crippen MR) is 99.3 cm³/mol. The van der Waals surface area contributed by atoms with Crippen LogP contribution in [0.2, 0.25) is 0 Å². The van der Waals surface area contributed by atoms with Crippen LogP contribution in [0, 0.1) is 5.92 Å². The molecule has 2 aromatic heterocycles. The molecule has 1 aliphatic heterocycles. The van der Waals surface area contributed by atoms with Crippen molar-refractivity contribution < 1.29 is 9.53 Å². The van der Waals surface area contributed by atoms with Crippen molar-refractivity contribution in [2.75, 3.05) is 26.8 Å². The monoisotopic (exact) mass is 378 g/mol. The molecule has 10 nitrogen and oxygen atoms in total. The number of piperidine rings is 1. The summed E-state index contributed by atoms with van der Waals surface area (Å²) in [7, 11) is 4.67. The highest BCUT2D eigenvalue weighted by atomic mass is 16.5. The van der Waals surface area contributed by atoms with Crippen LogP contribution >= 0.6 is 0 Å². The summed E-state index contributed by atoms with van der Waals surface area (Å²) in [6, 6.07) is 0. The van der Waals surface area contributed by atoms with Gasteiger partial charge in [0.2, 0.25) is 5.91 Å². The number of aromatic nitrogens is 4. The molecule has 10 heteroatoms. The number of primary amides is 1. The Morgan fingerprint density at radius 2 is 1.89 bits per heavy atom. The molecule has 1 saturated heterocycles. The molecule has 0 spiro atoms. The van der Waals surface area contributed by atoms with Gasteiger partial charge in [-0.3, -0.25) is 23.6 Å². The van der Waals surface area contributed by atoms with Crippen LogP contribution in [-0.2, 0) is 36.7 Å². The Labute approximate surface area is 156 Å². The molecule has 0 bridgehead atoms. The topological polar surface area (TPSA) is 117 Å². The SMILES string of the molecule is COCCn1c(CN2CCC(C(N)=O)CC2)nc2c1c(=O)n(C)c(=O)n2C. The molecule has 148 valence electrons. The fourth-order valence-corrected chi connectivity index (χ4v) is 3.61. The summed E-state index contributed by atoms with van der Waals surface area (Å²) in [5, 5.41) is 0. The lowest BCUT2D eigenvalue weighted by Crippen LogP contribution is -2.38. The summed E-state index contributed by atoms with van der Waals surface area (Å²) in [6.45, 7) is 2.89. The lowest BCUT2D eigenvalue weighted by atomic mass is 9.96. The van der Waals surface area contributed by atoms with Crippen LogP contribution < -0.4 is 17.0 Å². The van der Waals surface area contributed by atoms with E-state index in [1.807, 2.05) is 4.57 Å². The maximum Gasteiger partial charge on any atom is 0.332 e. The first-order valence-electron chi connectivity index (χ1n) is 9.00. The largest absolute Gasteiger partial charge is 0.383 e. The average molecular weight is 378 g/mol. The number of aryl methyl sites for hydroxylation is 1. The number of hydrogen-bond donors (Lipinski definition) is 1. The van der Waals surface area contributed by atoms with Crippen molar-refractivity contribution in [2.24, 2.45) is 25.7 Å². The number of imidazole rings is 1. The van der Waals surface area contributed by atoms with Crippen LogP contribution in [0.4, 0.5) is 0 Å². The number of hydrogen-bond acceptors (Lipinski definition) is 6. The number of ether oxygens (including phenoxy) is 1. The number of nitrogens with two attached hydrogens (primary N) is 1. The second-order valence-electron chi connectivity index (χ2n) is 7.00. The third-order valence-electron chi connectivity index (χ3n) is 5.30. The molecular formula is C17H26N6O4. The van der Waals surface area contributed by atoms with E-state index >= 15 is 0 Å². The summed E-state index contributed by atoms with van der Waals surface area (Å²) in [6.07, 6.45) is 1.43. The van der Waals surface area contributed by atoms with Gasteiger partial charge in [0.15, 0.2) is 11.2 Å². The zero-order chi connectivity index (χ0) is 19.7. The Bertz CT molecular complexity index is 964. The number of nitrogens with zero attached hydrogens (tertiary/aromatic N) is 5. The van der Waals surface area contributed by atoms with E-state index in [1.54, 1.807) is 14.2 Å². The van der Waals surface area contributed by atoms with Crippen LogP contribution in [0.1, 0.15) is 18.7 Å². The molecule has 0 aromatic carbocycles. The number of rotatable bonds is 6. The highest BCUT2D eigenvalue weighted by Gasteiger charge is 2.25. The van der Waals surface area contributed by atoms with Crippen LogP contribution in [0.25, 0.3) is 11.2 Å². The molecular weight excluding hydrogens is 352 g/mol. The van der Waals surface area contributed by atoms with Gasteiger partial charge in [-0.05, 0) is 25.9 Å². The number of fused-ring (bicyclic) bond motifs is 1. The van der Waals surface area contributed by atoms with E-state index in [0.29, 0.717) is 49.5 Å². The fourth-order valence-electron chi connectivity index (χ4n) is 3.61. The molecule has 1 fully saturated rings. The Morgan fingerprint density at radius 3 is 2.48 bits per heavy atom. The molecule has 3 heterocycles. The van der Waals surface area contributed by atoms with Crippen LogP contribution in [0.3, 0.4) is 0 Å². The van der Waals surface area contributed by atoms with E-state index in [0.717, 1.165) is 17.7 Å². The Morgan fingerprint density at radius 1 is 1.22 bits per heavy atom. The van der Waals surface area contributed by atoms with E-state index < -0.39 is 5.69 Å². The second-order valence-corrected chi connectivity index (χ2v) is 7.00. The number of carbonyl (C=O) groups excluding carboxylic acids is 1. The smallest absolute Gasteiger partial charge is 0.332 e. The first-order chi connectivity index (χ1) is 12.8. The van der Waals surface area contributed by atoms with Crippen molar-refractivity contribution in [3.63, 3.8) is 0 Å². The van der Waals surface area contributed by atoms with Crippen molar-refractivity contribution in [3.05, 3.63) is 26.7 Å². The minimum atomic E-state index is -0.405. The first kappa shape index (κ1) is 19.3. The molecule has 1 aliphatic rings. The Balaban J connectivity index is 1.98. The minimum Gasteiger partial charge on any atom is -0.383 e. The van der Waals surface area contributed by atoms with Crippen molar-refractivity contribution in [1.82, 2.24) is 23.6 Å². The lowest BCUT2D eigenvalue weighted by molar-refractivity contribution is -0.123. The molecule has 0 saturated carbocycles. The third-order valence-corrected chi connectivity index (χ3v) is 5.30. The summed E-state index contributed by atoms with van der Waals surface area (Å²) in [5.41, 5.74) is 5.41. The summed E-state index contributed by atoms with van der Waals surface area (Å²) in [5.74, 6) is 0.375. The number of amides is 1. The molecule has 0 aliphatic carbocycles. The molecule has 3 rings (SSSR count). The maximum absolute atomic E-state index is 12.7. The van der Waals surface area contributed by atoms with E-state index in [9.17, 15) is 14.4 Å². The van der Waals surface area contributed by atoms with Gasteiger partial charge >= 0.3 is 5.69 Å². The molecule has 0 radical (unpaired) electrons. The zero-order valence-electron chi connectivity index (χ0n) is 16.0. The summed E-state index contributed by atoms with van der Waals surface area (Å²) in [4.78, 5) is 43.1. The lowest BCUT2D eigenvalue weighted by Gasteiger charge is -2.30. The molecule has 0 unspecified atom stereocenters. The van der Waals surface area contributed by atoms with Gasteiger partial charge in [-0.2, -0.15) is 0 Å². The standard InChI is InChI=1S/C17H26N6O4/c1-20-15-13(16(25)21(2)17(20)26)23(8-9-27-3)12(19-15)10-22-6-4-11(5-7-22)14(18)24/h11H,4-10H2,1-3H3,(H2,18,24). The van der Waals surface area contributed by atoms with E-state index in [1.165, 1.54) is 11.6 Å². The van der Waals surface area contributed by atoms with Gasteiger partial charge in [0.1, 0.15) is 5.82 Å². The molecule has 0 atom stereocenters. The molecule has 27 heavy (non-hydrogen) atoms. The number of likely N-dealkylation sites (tertiary alicyclic amines) is 1. The first-order valence-corrected chi connectivity index (χ1v) is 9.00. The van der Waals surface area contributed by atoms with Gasteiger partial charge in [0, 0.05) is 33.7 Å². The fraction of sp³-hybridized carbons (Fsp3) is 0.647.